The molecule has 53 valence electrons. The van der Waals surface area contributed by atoms with Crippen molar-refractivity contribution in [3.05, 3.63) is 0 Å². The van der Waals surface area contributed by atoms with Gasteiger partial charge in [0.05, 0.1) is 0 Å². The van der Waals surface area contributed by atoms with Crippen molar-refractivity contribution in [2.75, 3.05) is 6.61 Å². The second kappa shape index (κ2) is 4.17. The largest absolute Gasteiger partial charge is 0.453 e. The summed E-state index contributed by atoms with van der Waals surface area (Å²) in [5, 5.41) is 0. The Bertz CT molecular complexity index is 88.8. The van der Waals surface area contributed by atoms with Gasteiger partial charge in [-0.25, -0.2) is 4.79 Å². The van der Waals surface area contributed by atoms with E-state index < -0.39 is 3.79 Å². The first-order chi connectivity index (χ1) is 4.06. The molecule has 0 spiro atoms. The second-order valence-corrected chi connectivity index (χ2v) is 3.56. The van der Waals surface area contributed by atoms with Crippen LogP contribution in [0.25, 0.3) is 0 Å². The van der Waals surface area contributed by atoms with Gasteiger partial charge < -0.3 is 0 Å². The van der Waals surface area contributed by atoms with E-state index in [9.17, 15) is 4.79 Å². The van der Waals surface area contributed by atoms with Crippen LogP contribution in [-0.4, -0.2) is 16.9 Å². The van der Waals surface area contributed by atoms with Crippen molar-refractivity contribution in [3.63, 3.8) is 0 Å². The summed E-state index contributed by atoms with van der Waals surface area (Å²) in [5.74, 6) is 0. The molecule has 1 radical (unpaired) electrons. The van der Waals surface area contributed by atoms with Gasteiger partial charge in [0.25, 0.3) is 0 Å². The Morgan fingerprint density at radius 1 is 1.44 bits per heavy atom. The smallest absolute Gasteiger partial charge is 0.285 e. The minimum atomic E-state index is -1.56. The molecule has 0 unspecified atom stereocenters. The van der Waals surface area contributed by atoms with Gasteiger partial charge in [-0.05, 0) is 0 Å². The molecule has 6 heteroatoms. The van der Waals surface area contributed by atoms with Crippen LogP contribution in [0.5, 0.6) is 0 Å². The lowest BCUT2D eigenvalue weighted by molar-refractivity contribution is -0.220. The van der Waals surface area contributed by atoms with E-state index in [1.807, 2.05) is 0 Å². The maximum atomic E-state index is 9.29. The molecule has 0 heterocycles. The lowest BCUT2D eigenvalue weighted by Gasteiger charge is -2.06. The maximum Gasteiger partial charge on any atom is 0.453 e. The zero-order valence-corrected chi connectivity index (χ0v) is 6.33. The molecular formula is C3H2Cl3O3. The Labute approximate surface area is 66.7 Å². The van der Waals surface area contributed by atoms with Crippen LogP contribution in [0.4, 0.5) is 0 Å². The summed E-state index contributed by atoms with van der Waals surface area (Å²) in [4.78, 5) is 17.0. The van der Waals surface area contributed by atoms with E-state index in [0.717, 1.165) is 6.47 Å². The summed E-state index contributed by atoms with van der Waals surface area (Å²) in [6, 6.07) is 0. The molecule has 0 N–H and O–H groups in total. The minimum absolute atomic E-state index is 0.313. The van der Waals surface area contributed by atoms with Gasteiger partial charge >= 0.3 is 6.47 Å². The molecule has 0 aromatic carbocycles. The summed E-state index contributed by atoms with van der Waals surface area (Å²) >= 11 is 15.5. The highest BCUT2D eigenvalue weighted by Gasteiger charge is 2.20. The van der Waals surface area contributed by atoms with E-state index in [4.69, 9.17) is 34.8 Å². The molecule has 0 fully saturated rings. The van der Waals surface area contributed by atoms with Crippen LogP contribution in [0, 0.1) is 0 Å². The van der Waals surface area contributed by atoms with Crippen molar-refractivity contribution in [3.8, 4) is 0 Å². The predicted octanol–water partition coefficient (Wildman–Crippen LogP) is 1.37. The maximum absolute atomic E-state index is 9.29. The number of carbonyl (C=O) groups excluding carboxylic acids is 1. The van der Waals surface area contributed by atoms with E-state index in [2.05, 4.69) is 9.78 Å². The van der Waals surface area contributed by atoms with Crippen molar-refractivity contribution < 1.29 is 14.6 Å². The molecule has 0 amide bonds. The third-order valence-electron chi connectivity index (χ3n) is 0.316. The highest BCUT2D eigenvalue weighted by atomic mass is 35.6. The lowest BCUT2D eigenvalue weighted by Crippen LogP contribution is -2.12. The molecule has 0 aliphatic rings. The van der Waals surface area contributed by atoms with E-state index in [1.165, 1.54) is 0 Å². The van der Waals surface area contributed by atoms with E-state index in [0.29, 0.717) is 0 Å². The molecule has 0 bridgehead atoms. The first kappa shape index (κ1) is 9.30. The van der Waals surface area contributed by atoms with Crippen LogP contribution in [0.1, 0.15) is 0 Å². The summed E-state index contributed by atoms with van der Waals surface area (Å²) in [7, 11) is 0. The Kier molecular flexibility index (Phi) is 4.31. The zero-order chi connectivity index (χ0) is 7.33. The predicted molar refractivity (Wildman–Crippen MR) is 33.0 cm³/mol. The fraction of sp³-hybridized carbons (Fsp3) is 0.667. The SMILES string of the molecule is O=[C]OOCC(Cl)(Cl)Cl. The molecular weight excluding hydrogens is 190 g/mol. The summed E-state index contributed by atoms with van der Waals surface area (Å²) in [5.41, 5.74) is 0. The van der Waals surface area contributed by atoms with Crippen LogP contribution in [0.15, 0.2) is 0 Å². The van der Waals surface area contributed by atoms with Gasteiger partial charge in [0.1, 0.15) is 6.61 Å². The van der Waals surface area contributed by atoms with Crippen LogP contribution in [-0.2, 0) is 14.6 Å². The molecule has 0 saturated carbocycles. The second-order valence-electron chi connectivity index (χ2n) is 1.04. The standard InChI is InChI=1S/C3H2Cl3O3/c4-3(5,6)1-8-9-2-7/h1H2. The topological polar surface area (TPSA) is 35.5 Å². The molecule has 3 nitrogen and oxygen atoms in total. The molecule has 9 heavy (non-hydrogen) atoms. The highest BCUT2D eigenvalue weighted by Crippen LogP contribution is 2.25. The Morgan fingerprint density at radius 3 is 2.33 bits per heavy atom. The van der Waals surface area contributed by atoms with E-state index in [1.54, 1.807) is 0 Å². The van der Waals surface area contributed by atoms with Gasteiger partial charge in [-0.1, -0.05) is 34.8 Å². The van der Waals surface area contributed by atoms with Crippen LogP contribution in [0.3, 0.4) is 0 Å². The van der Waals surface area contributed by atoms with Crippen molar-refractivity contribution >= 4 is 41.3 Å². The molecule has 0 aliphatic heterocycles. The van der Waals surface area contributed by atoms with E-state index >= 15 is 0 Å². The monoisotopic (exact) mass is 191 g/mol. The lowest BCUT2D eigenvalue weighted by atomic mass is 10.8. The van der Waals surface area contributed by atoms with Gasteiger partial charge in [0.15, 0.2) is 0 Å². The summed E-state index contributed by atoms with van der Waals surface area (Å²) in [6.45, 7) is 0.680. The molecule has 0 aromatic heterocycles. The van der Waals surface area contributed by atoms with Gasteiger partial charge in [-0.15, -0.1) is 0 Å². The Morgan fingerprint density at radius 2 is 2.00 bits per heavy atom. The van der Waals surface area contributed by atoms with Gasteiger partial charge in [-0.2, -0.15) is 4.89 Å². The van der Waals surface area contributed by atoms with Crippen LogP contribution >= 0.6 is 34.8 Å². The molecule has 0 aromatic rings. The third-order valence-corrected chi connectivity index (χ3v) is 0.643. The first-order valence-corrected chi connectivity index (χ1v) is 2.92. The quantitative estimate of drug-likeness (QED) is 0.293. The average Bonchev–Trinajstić information content (AvgIpc) is 1.63. The molecule has 0 aliphatic carbocycles. The number of hydrogen-bond donors (Lipinski definition) is 0. The van der Waals surface area contributed by atoms with Crippen molar-refractivity contribution in [2.45, 2.75) is 3.79 Å². The number of halogens is 3. The molecule has 0 rings (SSSR count). The fourth-order valence-electron chi connectivity index (χ4n) is 0.120. The van der Waals surface area contributed by atoms with Gasteiger partial charge in [0, 0.05) is 0 Å². The average molecular weight is 192 g/mol. The van der Waals surface area contributed by atoms with Crippen molar-refractivity contribution in [2.24, 2.45) is 0 Å². The first-order valence-electron chi connectivity index (χ1n) is 1.78. The number of rotatable bonds is 3. The Balaban J connectivity index is 3.17. The van der Waals surface area contributed by atoms with Crippen molar-refractivity contribution in [1.29, 1.82) is 0 Å². The minimum Gasteiger partial charge on any atom is -0.285 e. The van der Waals surface area contributed by atoms with Crippen molar-refractivity contribution in [1.82, 2.24) is 0 Å². The zero-order valence-electron chi connectivity index (χ0n) is 4.07. The highest BCUT2D eigenvalue weighted by molar-refractivity contribution is 6.67. The molecule has 0 atom stereocenters. The Hall–Kier alpha value is 0.300. The summed E-state index contributed by atoms with van der Waals surface area (Å²) in [6.07, 6.45) is 0. The van der Waals surface area contributed by atoms with Gasteiger partial charge in [0.2, 0.25) is 3.79 Å². The third kappa shape index (κ3) is 8.30. The van der Waals surface area contributed by atoms with Gasteiger partial charge in [-0.3, -0.25) is 4.89 Å². The normalized spacial score (nSPS) is 11.0. The molecule has 0 saturated heterocycles. The van der Waals surface area contributed by atoms with Crippen LogP contribution < -0.4 is 0 Å². The number of hydrogen-bond acceptors (Lipinski definition) is 3. The number of alkyl halides is 3. The fourth-order valence-corrected chi connectivity index (χ4v) is 0.254. The van der Waals surface area contributed by atoms with E-state index in [-0.39, 0.29) is 6.61 Å². The summed E-state index contributed by atoms with van der Waals surface area (Å²) < 4.78 is -1.56. The van der Waals surface area contributed by atoms with Crippen LogP contribution in [0.2, 0.25) is 0 Å².